The number of hydrogen-bond donors (Lipinski definition) is 2. The van der Waals surface area contributed by atoms with E-state index >= 15 is 0 Å². The van der Waals surface area contributed by atoms with Crippen LogP contribution in [-0.2, 0) is 11.3 Å². The molecule has 0 unspecified atom stereocenters. The minimum Gasteiger partial charge on any atom is -0.396 e. The molecular weight excluding hydrogens is 166 g/mol. The van der Waals surface area contributed by atoms with Gasteiger partial charge in [0.1, 0.15) is 0 Å². The van der Waals surface area contributed by atoms with Crippen molar-refractivity contribution >= 4 is 5.69 Å². The third-order valence-corrected chi connectivity index (χ3v) is 1.80. The van der Waals surface area contributed by atoms with Gasteiger partial charge in [-0.05, 0) is 30.5 Å². The van der Waals surface area contributed by atoms with Crippen molar-refractivity contribution in [3.63, 3.8) is 0 Å². The number of anilines is 1. The first-order valence-electron chi connectivity index (χ1n) is 4.35. The van der Waals surface area contributed by atoms with Crippen molar-refractivity contribution in [1.29, 1.82) is 0 Å². The molecule has 0 aliphatic heterocycles. The highest BCUT2D eigenvalue weighted by Gasteiger charge is 1.93. The molecule has 3 nitrogen and oxygen atoms in total. The highest BCUT2D eigenvalue weighted by molar-refractivity contribution is 5.42. The summed E-state index contributed by atoms with van der Waals surface area (Å²) in [5.74, 6) is 0. The number of rotatable bonds is 5. The van der Waals surface area contributed by atoms with Crippen LogP contribution in [0.15, 0.2) is 24.3 Å². The molecule has 0 saturated carbocycles. The van der Waals surface area contributed by atoms with E-state index in [1.54, 1.807) is 7.11 Å². The molecule has 0 saturated heterocycles. The van der Waals surface area contributed by atoms with Crippen LogP contribution in [0.4, 0.5) is 5.69 Å². The second-order valence-corrected chi connectivity index (χ2v) is 2.83. The van der Waals surface area contributed by atoms with Gasteiger partial charge >= 0.3 is 0 Å². The maximum Gasteiger partial charge on any atom is 0.0636 e. The molecule has 0 aliphatic rings. The number of benzene rings is 1. The molecule has 0 radical (unpaired) electrons. The Bertz CT molecular complexity index is 233. The van der Waals surface area contributed by atoms with E-state index in [1.807, 2.05) is 24.3 Å². The highest BCUT2D eigenvalue weighted by atomic mass is 16.6. The van der Waals surface area contributed by atoms with E-state index in [4.69, 9.17) is 9.94 Å². The second-order valence-electron chi connectivity index (χ2n) is 2.83. The number of hydrogen-bond acceptors (Lipinski definition) is 3. The van der Waals surface area contributed by atoms with Crippen LogP contribution in [-0.4, -0.2) is 18.8 Å². The molecule has 0 fully saturated rings. The van der Waals surface area contributed by atoms with Crippen molar-refractivity contribution in [2.75, 3.05) is 19.2 Å². The molecule has 0 spiro atoms. The normalized spacial score (nSPS) is 10.0. The lowest BCUT2D eigenvalue weighted by Gasteiger charge is -2.04. The maximum atomic E-state index is 8.63. The molecule has 1 rings (SSSR count). The van der Waals surface area contributed by atoms with Crippen LogP contribution in [0, 0.1) is 0 Å². The lowest BCUT2D eigenvalue weighted by atomic mass is 10.1. The van der Waals surface area contributed by atoms with E-state index in [0.29, 0.717) is 0 Å². The fourth-order valence-corrected chi connectivity index (χ4v) is 1.14. The SMILES string of the molecule is CONc1ccc(CCCO)cc1. The minimum absolute atomic E-state index is 0.248. The van der Waals surface area contributed by atoms with Gasteiger partial charge in [0.05, 0.1) is 12.8 Å². The summed E-state index contributed by atoms with van der Waals surface area (Å²) in [5.41, 5.74) is 4.91. The van der Waals surface area contributed by atoms with Gasteiger partial charge in [0, 0.05) is 6.61 Å². The smallest absolute Gasteiger partial charge is 0.0636 e. The van der Waals surface area contributed by atoms with Gasteiger partial charge in [0.2, 0.25) is 0 Å². The van der Waals surface area contributed by atoms with E-state index in [9.17, 15) is 0 Å². The molecular formula is C10H15NO2. The highest BCUT2D eigenvalue weighted by Crippen LogP contribution is 2.10. The van der Waals surface area contributed by atoms with Crippen LogP contribution in [0.25, 0.3) is 0 Å². The van der Waals surface area contributed by atoms with Crippen LogP contribution >= 0.6 is 0 Å². The van der Waals surface area contributed by atoms with Gasteiger partial charge in [0.25, 0.3) is 0 Å². The first-order chi connectivity index (χ1) is 6.36. The maximum absolute atomic E-state index is 8.63. The monoisotopic (exact) mass is 181 g/mol. The zero-order valence-electron chi connectivity index (χ0n) is 7.79. The molecule has 0 heterocycles. The van der Waals surface area contributed by atoms with Crippen LogP contribution < -0.4 is 5.48 Å². The largest absolute Gasteiger partial charge is 0.396 e. The van der Waals surface area contributed by atoms with E-state index < -0.39 is 0 Å². The van der Waals surface area contributed by atoms with Crippen LogP contribution in [0.2, 0.25) is 0 Å². The Hall–Kier alpha value is -1.06. The molecule has 0 bridgehead atoms. The third-order valence-electron chi connectivity index (χ3n) is 1.80. The molecule has 13 heavy (non-hydrogen) atoms. The van der Waals surface area contributed by atoms with Gasteiger partial charge < -0.3 is 5.11 Å². The Morgan fingerprint density at radius 1 is 1.31 bits per heavy atom. The summed E-state index contributed by atoms with van der Waals surface area (Å²) < 4.78 is 0. The molecule has 0 atom stereocenters. The topological polar surface area (TPSA) is 41.5 Å². The Morgan fingerprint density at radius 2 is 2.00 bits per heavy atom. The van der Waals surface area contributed by atoms with E-state index in [2.05, 4.69) is 5.48 Å². The molecule has 0 aliphatic carbocycles. The van der Waals surface area contributed by atoms with Crippen molar-refractivity contribution in [2.45, 2.75) is 12.8 Å². The molecule has 3 heteroatoms. The minimum atomic E-state index is 0.248. The van der Waals surface area contributed by atoms with E-state index in [-0.39, 0.29) is 6.61 Å². The molecule has 1 aromatic carbocycles. The standard InChI is InChI=1S/C10H15NO2/c1-13-11-10-6-4-9(5-7-10)3-2-8-12/h4-7,11-12H,2-3,8H2,1H3. The Morgan fingerprint density at radius 3 is 2.54 bits per heavy atom. The fourth-order valence-electron chi connectivity index (χ4n) is 1.14. The summed E-state index contributed by atoms with van der Waals surface area (Å²) in [6.45, 7) is 0.248. The van der Waals surface area contributed by atoms with Gasteiger partial charge in [-0.15, -0.1) is 0 Å². The number of nitrogens with one attached hydrogen (secondary N) is 1. The summed E-state index contributed by atoms with van der Waals surface area (Å²) in [6.07, 6.45) is 1.74. The van der Waals surface area contributed by atoms with Crippen molar-refractivity contribution in [3.05, 3.63) is 29.8 Å². The Balaban J connectivity index is 2.48. The predicted octanol–water partition coefficient (Wildman–Crippen LogP) is 1.58. The molecule has 2 N–H and O–H groups in total. The number of aliphatic hydroxyl groups is 1. The van der Waals surface area contributed by atoms with Gasteiger partial charge in [0.15, 0.2) is 0 Å². The van der Waals surface area contributed by atoms with Crippen molar-refractivity contribution < 1.29 is 9.94 Å². The third kappa shape index (κ3) is 3.44. The Labute approximate surface area is 78.3 Å². The first kappa shape index (κ1) is 10.0. The zero-order chi connectivity index (χ0) is 9.52. The van der Waals surface area contributed by atoms with Gasteiger partial charge in [-0.3, -0.25) is 10.3 Å². The summed E-state index contributed by atoms with van der Waals surface area (Å²) in [4.78, 5) is 4.76. The second kappa shape index (κ2) is 5.56. The lowest BCUT2D eigenvalue weighted by Crippen LogP contribution is -1.95. The van der Waals surface area contributed by atoms with Crippen LogP contribution in [0.3, 0.4) is 0 Å². The average molecular weight is 181 g/mol. The van der Waals surface area contributed by atoms with Crippen molar-refractivity contribution in [3.8, 4) is 0 Å². The van der Waals surface area contributed by atoms with Crippen LogP contribution in [0.5, 0.6) is 0 Å². The predicted molar refractivity (Wildman–Crippen MR) is 52.5 cm³/mol. The summed E-state index contributed by atoms with van der Waals surface area (Å²) in [7, 11) is 1.58. The summed E-state index contributed by atoms with van der Waals surface area (Å²) in [5, 5.41) is 8.63. The molecule has 0 amide bonds. The molecule has 1 aromatic rings. The molecule has 0 aromatic heterocycles. The fraction of sp³-hybridized carbons (Fsp3) is 0.400. The van der Waals surface area contributed by atoms with Crippen LogP contribution in [0.1, 0.15) is 12.0 Å². The zero-order valence-corrected chi connectivity index (χ0v) is 7.79. The summed E-state index contributed by atoms with van der Waals surface area (Å²) in [6, 6.07) is 7.96. The van der Waals surface area contributed by atoms with Gasteiger partial charge in [-0.25, -0.2) is 0 Å². The number of aryl methyl sites for hydroxylation is 1. The first-order valence-corrected chi connectivity index (χ1v) is 4.35. The van der Waals surface area contributed by atoms with E-state index in [0.717, 1.165) is 18.5 Å². The number of aliphatic hydroxyl groups excluding tert-OH is 1. The average Bonchev–Trinajstić information content (AvgIpc) is 2.17. The van der Waals surface area contributed by atoms with Gasteiger partial charge in [-0.1, -0.05) is 12.1 Å². The molecule has 72 valence electrons. The summed E-state index contributed by atoms with van der Waals surface area (Å²) >= 11 is 0. The van der Waals surface area contributed by atoms with Crippen molar-refractivity contribution in [2.24, 2.45) is 0 Å². The van der Waals surface area contributed by atoms with Crippen molar-refractivity contribution in [1.82, 2.24) is 0 Å². The lowest BCUT2D eigenvalue weighted by molar-refractivity contribution is 0.271. The van der Waals surface area contributed by atoms with E-state index in [1.165, 1.54) is 5.56 Å². The Kier molecular flexibility index (Phi) is 4.29. The quantitative estimate of drug-likeness (QED) is 0.678. The van der Waals surface area contributed by atoms with Gasteiger partial charge in [-0.2, -0.15) is 0 Å².